The van der Waals surface area contributed by atoms with E-state index in [4.69, 9.17) is 11.5 Å². The van der Waals surface area contributed by atoms with E-state index in [0.717, 1.165) is 10.7 Å². The van der Waals surface area contributed by atoms with Gasteiger partial charge in [-0.25, -0.2) is 13.9 Å². The Bertz CT molecular complexity index is 696. The number of halogens is 1. The Morgan fingerprint density at radius 3 is 2.65 bits per heavy atom. The van der Waals surface area contributed by atoms with E-state index in [9.17, 15) is 14.0 Å². The summed E-state index contributed by atoms with van der Waals surface area (Å²) in [6.45, 7) is 0. The second kappa shape index (κ2) is 5.00. The number of anilines is 1. The Morgan fingerprint density at radius 2 is 2.10 bits per heavy atom. The maximum Gasteiger partial charge on any atom is 0.360 e. The number of ether oxygens (including phenoxy) is 1. The van der Waals surface area contributed by atoms with Crippen molar-refractivity contribution in [2.45, 2.75) is 0 Å². The van der Waals surface area contributed by atoms with Gasteiger partial charge in [0.2, 0.25) is 5.91 Å². The van der Waals surface area contributed by atoms with Gasteiger partial charge in [0.25, 0.3) is 0 Å². The van der Waals surface area contributed by atoms with Crippen LogP contribution < -0.4 is 11.5 Å². The van der Waals surface area contributed by atoms with E-state index >= 15 is 0 Å². The van der Waals surface area contributed by atoms with Crippen molar-refractivity contribution in [3.63, 3.8) is 0 Å². The summed E-state index contributed by atoms with van der Waals surface area (Å²) < 4.78 is 19.5. The van der Waals surface area contributed by atoms with Crippen LogP contribution in [0.4, 0.5) is 10.1 Å². The first kappa shape index (κ1) is 13.5. The number of hydrogen-bond acceptors (Lipinski definition) is 5. The zero-order chi connectivity index (χ0) is 14.9. The number of aromatic nitrogens is 2. The molecule has 0 unspecified atom stereocenters. The number of nitrogens with zero attached hydrogens (tertiary/aromatic N) is 2. The van der Waals surface area contributed by atoms with Crippen LogP contribution >= 0.6 is 0 Å². The van der Waals surface area contributed by atoms with Crippen molar-refractivity contribution in [3.05, 3.63) is 41.5 Å². The minimum absolute atomic E-state index is 0.0249. The molecular formula is C12H11FN4O3. The number of esters is 1. The number of rotatable bonds is 3. The molecule has 7 nitrogen and oxygen atoms in total. The molecule has 0 saturated heterocycles. The molecule has 0 aliphatic rings. The first-order valence-electron chi connectivity index (χ1n) is 5.47. The molecule has 1 aromatic heterocycles. The van der Waals surface area contributed by atoms with Gasteiger partial charge in [-0.1, -0.05) is 0 Å². The normalized spacial score (nSPS) is 10.3. The number of primary amides is 1. The van der Waals surface area contributed by atoms with E-state index in [1.165, 1.54) is 25.4 Å². The Kier molecular flexibility index (Phi) is 3.38. The molecule has 4 N–H and O–H groups in total. The van der Waals surface area contributed by atoms with Gasteiger partial charge >= 0.3 is 5.97 Å². The maximum absolute atomic E-state index is 13.9. The van der Waals surface area contributed by atoms with Crippen molar-refractivity contribution < 1.29 is 18.7 Å². The number of hydrogen-bond donors (Lipinski definition) is 2. The van der Waals surface area contributed by atoms with Gasteiger partial charge in [-0.15, -0.1) is 0 Å². The average Bonchev–Trinajstić information content (AvgIpc) is 2.79. The van der Waals surface area contributed by atoms with Crippen LogP contribution in [-0.4, -0.2) is 28.8 Å². The van der Waals surface area contributed by atoms with Gasteiger partial charge in [-0.3, -0.25) is 4.79 Å². The molecule has 0 spiro atoms. The number of amides is 1. The second-order valence-corrected chi connectivity index (χ2v) is 3.90. The molecule has 8 heteroatoms. The minimum atomic E-state index is -0.745. The van der Waals surface area contributed by atoms with Crippen molar-refractivity contribution in [1.82, 2.24) is 9.78 Å². The predicted octanol–water partition coefficient (Wildman–Crippen LogP) is 0.479. The summed E-state index contributed by atoms with van der Waals surface area (Å²) in [7, 11) is 1.18. The van der Waals surface area contributed by atoms with Crippen molar-refractivity contribution in [1.29, 1.82) is 0 Å². The van der Waals surface area contributed by atoms with Crippen LogP contribution in [0, 0.1) is 5.82 Å². The zero-order valence-corrected chi connectivity index (χ0v) is 10.5. The number of carbonyl (C=O) groups excluding carboxylic acids is 2. The van der Waals surface area contributed by atoms with E-state index in [2.05, 4.69) is 9.84 Å². The van der Waals surface area contributed by atoms with Crippen LogP contribution in [0.2, 0.25) is 0 Å². The average molecular weight is 278 g/mol. The molecule has 2 rings (SSSR count). The van der Waals surface area contributed by atoms with E-state index in [-0.39, 0.29) is 22.6 Å². The van der Waals surface area contributed by atoms with E-state index in [1.807, 2.05) is 0 Å². The number of methoxy groups -OCH3 is 1. The molecule has 0 aliphatic heterocycles. The highest BCUT2D eigenvalue weighted by molar-refractivity contribution is 5.93. The van der Waals surface area contributed by atoms with Crippen LogP contribution in [0.5, 0.6) is 0 Å². The Morgan fingerprint density at radius 1 is 1.40 bits per heavy atom. The number of carbonyl (C=O) groups is 2. The fourth-order valence-electron chi connectivity index (χ4n) is 1.61. The maximum atomic E-state index is 13.9. The largest absolute Gasteiger partial charge is 0.464 e. The quantitative estimate of drug-likeness (QED) is 0.793. The number of benzene rings is 1. The van der Waals surface area contributed by atoms with E-state index in [0.29, 0.717) is 0 Å². The van der Waals surface area contributed by atoms with Crippen molar-refractivity contribution >= 4 is 17.6 Å². The lowest BCUT2D eigenvalue weighted by molar-refractivity contribution is 0.0594. The Hall–Kier alpha value is -2.90. The second-order valence-electron chi connectivity index (χ2n) is 3.90. The lowest BCUT2D eigenvalue weighted by Gasteiger charge is -2.04. The molecule has 20 heavy (non-hydrogen) atoms. The number of nitrogens with two attached hydrogens (primary N) is 2. The molecular weight excluding hydrogens is 267 g/mol. The topological polar surface area (TPSA) is 113 Å². The van der Waals surface area contributed by atoms with Crippen LogP contribution in [-0.2, 0) is 4.74 Å². The lowest BCUT2D eigenvalue weighted by atomic mass is 10.2. The minimum Gasteiger partial charge on any atom is -0.464 e. The summed E-state index contributed by atoms with van der Waals surface area (Å²) >= 11 is 0. The van der Waals surface area contributed by atoms with Gasteiger partial charge in [-0.05, 0) is 18.2 Å². The zero-order valence-electron chi connectivity index (χ0n) is 10.5. The molecule has 0 bridgehead atoms. The molecule has 0 atom stereocenters. The first-order chi connectivity index (χ1) is 9.43. The van der Waals surface area contributed by atoms with Gasteiger partial charge in [0.05, 0.1) is 19.0 Å². The van der Waals surface area contributed by atoms with Gasteiger partial charge in [0.15, 0.2) is 5.69 Å². The molecule has 0 saturated carbocycles. The summed E-state index contributed by atoms with van der Waals surface area (Å²) in [5, 5.41) is 3.85. The third-order valence-electron chi connectivity index (χ3n) is 2.60. The van der Waals surface area contributed by atoms with Crippen LogP contribution in [0.1, 0.15) is 20.8 Å². The third kappa shape index (κ3) is 2.30. The Labute approximate surface area is 112 Å². The third-order valence-corrected chi connectivity index (χ3v) is 2.60. The molecule has 1 aromatic carbocycles. The highest BCUT2D eigenvalue weighted by Gasteiger charge is 2.17. The van der Waals surface area contributed by atoms with Gasteiger partial charge < -0.3 is 16.2 Å². The van der Waals surface area contributed by atoms with Crippen molar-refractivity contribution in [3.8, 4) is 5.69 Å². The van der Waals surface area contributed by atoms with Gasteiger partial charge in [0, 0.05) is 5.56 Å². The van der Waals surface area contributed by atoms with Gasteiger partial charge in [0.1, 0.15) is 11.5 Å². The molecule has 1 heterocycles. The van der Waals surface area contributed by atoms with Crippen LogP contribution in [0.3, 0.4) is 0 Å². The highest BCUT2D eigenvalue weighted by Crippen LogP contribution is 2.18. The highest BCUT2D eigenvalue weighted by atomic mass is 19.1. The monoisotopic (exact) mass is 278 g/mol. The first-order valence-corrected chi connectivity index (χ1v) is 5.47. The standard InChI is InChI=1S/C12H11FN4O3/c1-20-12(19)10-8(14)5-17(16-10)9-3-2-6(11(15)18)4-7(9)13/h2-5H,14H2,1H3,(H2,15,18). The molecule has 104 valence electrons. The summed E-state index contributed by atoms with van der Waals surface area (Å²) in [5.41, 5.74) is 10.6. The fourth-order valence-corrected chi connectivity index (χ4v) is 1.61. The van der Waals surface area contributed by atoms with Gasteiger partial charge in [-0.2, -0.15) is 5.10 Å². The molecule has 0 radical (unpaired) electrons. The van der Waals surface area contributed by atoms with E-state index < -0.39 is 17.7 Å². The smallest absolute Gasteiger partial charge is 0.360 e. The molecule has 0 aliphatic carbocycles. The molecule has 2 aromatic rings. The lowest BCUT2D eigenvalue weighted by Crippen LogP contribution is -2.12. The molecule has 0 fully saturated rings. The number of nitrogen functional groups attached to an aromatic ring is 1. The SMILES string of the molecule is COC(=O)c1nn(-c2ccc(C(N)=O)cc2F)cc1N. The summed E-state index contributed by atoms with van der Waals surface area (Å²) in [4.78, 5) is 22.3. The fraction of sp³-hybridized carbons (Fsp3) is 0.0833. The molecule has 1 amide bonds. The van der Waals surface area contributed by atoms with Crippen LogP contribution in [0.25, 0.3) is 5.69 Å². The van der Waals surface area contributed by atoms with Crippen molar-refractivity contribution in [2.75, 3.05) is 12.8 Å². The Balaban J connectivity index is 2.47. The summed E-state index contributed by atoms with van der Waals surface area (Å²) in [6, 6.07) is 3.63. The summed E-state index contributed by atoms with van der Waals surface area (Å²) in [6.07, 6.45) is 1.27. The van der Waals surface area contributed by atoms with Crippen molar-refractivity contribution in [2.24, 2.45) is 5.73 Å². The predicted molar refractivity (Wildman–Crippen MR) is 67.8 cm³/mol. The van der Waals surface area contributed by atoms with Crippen LogP contribution in [0.15, 0.2) is 24.4 Å². The van der Waals surface area contributed by atoms with E-state index in [1.54, 1.807) is 0 Å². The summed E-state index contributed by atoms with van der Waals surface area (Å²) in [5.74, 6) is -2.19.